The maximum Gasteiger partial charge on any atom is 0.416 e. The highest BCUT2D eigenvalue weighted by Crippen LogP contribution is 2.32. The Labute approximate surface area is 190 Å². The lowest BCUT2D eigenvalue weighted by molar-refractivity contribution is -0.137. The second kappa shape index (κ2) is 10.7. The average Bonchev–Trinajstić information content (AvgIpc) is 2.82. The zero-order chi connectivity index (χ0) is 23.8. The summed E-state index contributed by atoms with van der Waals surface area (Å²) >= 11 is 0. The molecule has 4 nitrogen and oxygen atoms in total. The Bertz CT molecular complexity index is 1100. The maximum atomic E-state index is 12.8. The van der Waals surface area contributed by atoms with Gasteiger partial charge < -0.3 is 14.2 Å². The van der Waals surface area contributed by atoms with Gasteiger partial charge in [0, 0.05) is 0 Å². The Hall–Kier alpha value is -3.74. The number of hydrogen-bond donors (Lipinski definition) is 0. The molecule has 0 saturated carbocycles. The fourth-order valence-corrected chi connectivity index (χ4v) is 3.24. The number of rotatable bonds is 8. The van der Waals surface area contributed by atoms with Crippen LogP contribution >= 0.6 is 0 Å². The van der Waals surface area contributed by atoms with E-state index in [0.717, 1.165) is 23.3 Å². The number of aryl methyl sites for hydroxylation is 2. The van der Waals surface area contributed by atoms with Gasteiger partial charge in [-0.05, 0) is 59.9 Å². The number of para-hydroxylation sites is 1. The third-order valence-corrected chi connectivity index (χ3v) is 4.97. The lowest BCUT2D eigenvalue weighted by Gasteiger charge is -2.13. The van der Waals surface area contributed by atoms with Crippen LogP contribution in [0.3, 0.4) is 0 Å². The molecule has 0 amide bonds. The van der Waals surface area contributed by atoms with E-state index in [2.05, 4.69) is 0 Å². The normalized spacial score (nSPS) is 11.7. The van der Waals surface area contributed by atoms with Crippen LogP contribution in [0.25, 0.3) is 5.57 Å². The van der Waals surface area contributed by atoms with Crippen molar-refractivity contribution in [3.63, 3.8) is 0 Å². The van der Waals surface area contributed by atoms with Crippen molar-refractivity contribution in [1.82, 2.24) is 0 Å². The number of hydrogen-bond acceptors (Lipinski definition) is 4. The van der Waals surface area contributed by atoms with Crippen molar-refractivity contribution >= 4 is 11.5 Å². The summed E-state index contributed by atoms with van der Waals surface area (Å²) in [6.45, 7) is 0. The minimum Gasteiger partial charge on any atom is -0.503 e. The molecule has 0 bridgehead atoms. The smallest absolute Gasteiger partial charge is 0.416 e. The highest BCUT2D eigenvalue weighted by Gasteiger charge is 2.30. The van der Waals surface area contributed by atoms with Gasteiger partial charge >= 0.3 is 12.1 Å². The summed E-state index contributed by atoms with van der Waals surface area (Å²) in [7, 11) is 2.77. The third-order valence-electron chi connectivity index (χ3n) is 4.97. The van der Waals surface area contributed by atoms with Gasteiger partial charge in [0.2, 0.25) is 0 Å². The zero-order valence-corrected chi connectivity index (χ0v) is 18.2. The van der Waals surface area contributed by atoms with Gasteiger partial charge in [0.05, 0.1) is 26.0 Å². The molecule has 0 fully saturated rings. The number of ether oxygens (including phenoxy) is 3. The lowest BCUT2D eigenvalue weighted by Crippen LogP contribution is -2.04. The van der Waals surface area contributed by atoms with E-state index in [1.165, 1.54) is 32.6 Å². The maximum absolute atomic E-state index is 12.8. The van der Waals surface area contributed by atoms with Gasteiger partial charge in [-0.3, -0.25) is 0 Å². The molecule has 0 radical (unpaired) electrons. The van der Waals surface area contributed by atoms with Gasteiger partial charge in [0.1, 0.15) is 17.1 Å². The molecule has 172 valence electrons. The summed E-state index contributed by atoms with van der Waals surface area (Å²) in [5.74, 6) is 0.434. The molecule has 3 aromatic carbocycles. The van der Waals surface area contributed by atoms with Crippen LogP contribution in [0, 0.1) is 0 Å². The van der Waals surface area contributed by atoms with Gasteiger partial charge in [0.25, 0.3) is 0 Å². The van der Waals surface area contributed by atoms with E-state index in [1.807, 2.05) is 42.5 Å². The molecule has 7 heteroatoms. The minimum absolute atomic E-state index is 0.321. The van der Waals surface area contributed by atoms with E-state index in [-0.39, 0.29) is 0 Å². The van der Waals surface area contributed by atoms with Crippen LogP contribution in [-0.2, 0) is 33.3 Å². The standard InChI is InChI=1S/C26H23F3O4/c1-31-17-23(25(30)32-2)19-10-7-18(8-11-19)9-12-20-5-3-4-6-24(20)33-22-15-13-21(14-16-22)26(27,28)29/h3-8,10-11,13-17H,9,12H2,1-2H3/b23-17-. The fraction of sp³-hybridized carbons (Fsp3) is 0.192. The molecule has 0 aliphatic carbocycles. The van der Waals surface area contributed by atoms with E-state index in [9.17, 15) is 18.0 Å². The van der Waals surface area contributed by atoms with Crippen molar-refractivity contribution in [3.05, 3.63) is 101 Å². The topological polar surface area (TPSA) is 44.8 Å². The van der Waals surface area contributed by atoms with Crippen LogP contribution in [0.1, 0.15) is 22.3 Å². The molecule has 3 rings (SSSR count). The molecular formula is C26H23F3O4. The van der Waals surface area contributed by atoms with Gasteiger partial charge in [-0.1, -0.05) is 42.5 Å². The van der Waals surface area contributed by atoms with Crippen LogP contribution in [0.4, 0.5) is 13.2 Å². The van der Waals surface area contributed by atoms with Crippen LogP contribution in [0.2, 0.25) is 0 Å². The largest absolute Gasteiger partial charge is 0.503 e. The number of carbonyl (C=O) groups is 1. The number of carbonyl (C=O) groups excluding carboxylic acids is 1. The highest BCUT2D eigenvalue weighted by atomic mass is 19.4. The minimum atomic E-state index is -4.39. The van der Waals surface area contributed by atoms with Crippen molar-refractivity contribution in [2.75, 3.05) is 14.2 Å². The van der Waals surface area contributed by atoms with Gasteiger partial charge in [-0.25, -0.2) is 4.79 Å². The summed E-state index contributed by atoms with van der Waals surface area (Å²) < 4.78 is 53.9. The summed E-state index contributed by atoms with van der Waals surface area (Å²) in [5.41, 5.74) is 2.25. The van der Waals surface area contributed by atoms with E-state index in [1.54, 1.807) is 6.07 Å². The molecule has 0 aromatic heterocycles. The molecule has 33 heavy (non-hydrogen) atoms. The Morgan fingerprint density at radius 2 is 1.55 bits per heavy atom. The number of methoxy groups -OCH3 is 2. The molecule has 3 aromatic rings. The first-order valence-electron chi connectivity index (χ1n) is 10.2. The highest BCUT2D eigenvalue weighted by molar-refractivity contribution is 6.16. The number of alkyl halides is 3. The Morgan fingerprint density at radius 1 is 0.879 bits per heavy atom. The van der Waals surface area contributed by atoms with Crippen molar-refractivity contribution in [2.24, 2.45) is 0 Å². The van der Waals surface area contributed by atoms with Gasteiger partial charge in [-0.2, -0.15) is 13.2 Å². The van der Waals surface area contributed by atoms with Crippen LogP contribution in [0.15, 0.2) is 79.1 Å². The molecule has 0 aliphatic heterocycles. The second-order valence-electron chi connectivity index (χ2n) is 7.19. The Kier molecular flexibility index (Phi) is 7.77. The van der Waals surface area contributed by atoms with E-state index in [0.29, 0.717) is 35.5 Å². The predicted octanol–water partition coefficient (Wildman–Crippen LogP) is 6.44. The third kappa shape index (κ3) is 6.38. The molecule has 0 unspecified atom stereocenters. The Morgan fingerprint density at radius 3 is 2.15 bits per heavy atom. The average molecular weight is 456 g/mol. The van der Waals surface area contributed by atoms with Crippen molar-refractivity contribution < 1.29 is 32.2 Å². The van der Waals surface area contributed by atoms with Crippen LogP contribution in [-0.4, -0.2) is 20.2 Å². The summed E-state index contributed by atoms with van der Waals surface area (Å²) in [4.78, 5) is 11.9. The molecule has 0 heterocycles. The summed E-state index contributed by atoms with van der Waals surface area (Å²) in [6, 6.07) is 19.5. The van der Waals surface area contributed by atoms with Gasteiger partial charge in [0.15, 0.2) is 0 Å². The van der Waals surface area contributed by atoms with E-state index < -0.39 is 17.7 Å². The molecule has 0 atom stereocenters. The quantitative estimate of drug-likeness (QED) is 0.222. The lowest BCUT2D eigenvalue weighted by atomic mass is 10.0. The Balaban J connectivity index is 1.69. The van der Waals surface area contributed by atoms with Crippen LogP contribution < -0.4 is 4.74 Å². The van der Waals surface area contributed by atoms with Crippen LogP contribution in [0.5, 0.6) is 11.5 Å². The molecule has 0 N–H and O–H groups in total. The molecule has 0 aliphatic rings. The van der Waals surface area contributed by atoms with E-state index in [4.69, 9.17) is 14.2 Å². The number of benzene rings is 3. The summed E-state index contributed by atoms with van der Waals surface area (Å²) in [6.07, 6.45) is -1.68. The second-order valence-corrected chi connectivity index (χ2v) is 7.19. The first-order chi connectivity index (χ1) is 15.8. The molecular weight excluding hydrogens is 433 g/mol. The first kappa shape index (κ1) is 23.9. The van der Waals surface area contributed by atoms with Crippen molar-refractivity contribution in [3.8, 4) is 11.5 Å². The SMILES string of the molecule is CO/C=C(\C(=O)OC)c1ccc(CCc2ccccc2Oc2ccc(C(F)(F)F)cc2)cc1. The van der Waals surface area contributed by atoms with Crippen molar-refractivity contribution in [2.45, 2.75) is 19.0 Å². The monoisotopic (exact) mass is 456 g/mol. The first-order valence-corrected chi connectivity index (χ1v) is 10.2. The predicted molar refractivity (Wildman–Crippen MR) is 119 cm³/mol. The summed E-state index contributed by atoms with van der Waals surface area (Å²) in [5, 5.41) is 0. The number of esters is 1. The molecule has 0 spiro atoms. The molecule has 0 saturated heterocycles. The van der Waals surface area contributed by atoms with E-state index >= 15 is 0 Å². The van der Waals surface area contributed by atoms with Gasteiger partial charge in [-0.15, -0.1) is 0 Å². The zero-order valence-electron chi connectivity index (χ0n) is 18.2. The van der Waals surface area contributed by atoms with Crippen molar-refractivity contribution in [1.29, 1.82) is 0 Å². The number of halogens is 3. The fourth-order valence-electron chi connectivity index (χ4n) is 3.24.